The monoisotopic (exact) mass is 441 g/mol. The number of aromatic nitrogens is 1. The lowest BCUT2D eigenvalue weighted by atomic mass is 10.0. The molecule has 2 aromatic heterocycles. The predicted octanol–water partition coefficient (Wildman–Crippen LogP) is 5.01. The maximum absolute atomic E-state index is 12.6. The van der Waals surface area contributed by atoms with Gasteiger partial charge in [-0.2, -0.15) is 0 Å². The first kappa shape index (κ1) is 16.8. The van der Waals surface area contributed by atoms with Crippen LogP contribution in [0, 0.1) is 0 Å². The van der Waals surface area contributed by atoms with E-state index < -0.39 is 0 Å². The van der Waals surface area contributed by atoms with Gasteiger partial charge in [0.15, 0.2) is 0 Å². The van der Waals surface area contributed by atoms with Crippen molar-refractivity contribution in [1.82, 2.24) is 4.57 Å². The van der Waals surface area contributed by atoms with E-state index in [2.05, 4.69) is 63.0 Å². The third-order valence-electron chi connectivity index (χ3n) is 5.71. The van der Waals surface area contributed by atoms with E-state index in [1.165, 1.54) is 5.39 Å². The number of hydrogen-bond acceptors (Lipinski definition) is 2. The zero-order valence-corrected chi connectivity index (χ0v) is 17.1. The summed E-state index contributed by atoms with van der Waals surface area (Å²) in [4.78, 5) is 12.6. The molecule has 0 saturated heterocycles. The minimum absolute atomic E-state index is 0.257. The van der Waals surface area contributed by atoms with Gasteiger partial charge in [-0.05, 0) is 54.5 Å². The van der Waals surface area contributed by atoms with Crippen LogP contribution in [-0.4, -0.2) is 4.57 Å². The Labute approximate surface area is 174 Å². The van der Waals surface area contributed by atoms with E-state index in [1.807, 2.05) is 30.3 Å². The number of benzene rings is 3. The van der Waals surface area contributed by atoms with Crippen LogP contribution in [0.1, 0.15) is 12.8 Å². The van der Waals surface area contributed by atoms with Crippen LogP contribution in [-0.2, 0) is 0 Å². The van der Waals surface area contributed by atoms with Crippen LogP contribution in [0.4, 0.5) is 0 Å². The minimum Gasteiger partial charge on any atom is -0.422 e. The number of rotatable bonds is 1. The fraction of sp³-hybridized carbons (Fsp3) is 0.0800. The standard InChI is InChI=1S/C25H16BrNO2/c26-15-10-11-22-19(12-15)20-13-21-17-8-4-5-9-18(17)25(28)29-24(21)14-23(20)27(22)16-6-2-1-3-7-16/h1-3,6-14H,4-5H2. The van der Waals surface area contributed by atoms with Crippen molar-refractivity contribution in [2.45, 2.75) is 12.8 Å². The van der Waals surface area contributed by atoms with Gasteiger partial charge in [-0.25, -0.2) is 4.79 Å². The molecule has 0 aliphatic heterocycles. The average Bonchev–Trinajstić information content (AvgIpc) is 3.06. The summed E-state index contributed by atoms with van der Waals surface area (Å²) in [6.45, 7) is 0. The number of nitrogens with zero attached hydrogens (tertiary/aromatic N) is 1. The molecule has 1 aliphatic rings. The van der Waals surface area contributed by atoms with Gasteiger partial charge in [-0.1, -0.05) is 46.3 Å². The summed E-state index contributed by atoms with van der Waals surface area (Å²) in [5.41, 5.74) is 3.60. The summed E-state index contributed by atoms with van der Waals surface area (Å²) < 4.78 is 9.02. The first-order valence-electron chi connectivity index (χ1n) is 9.67. The quantitative estimate of drug-likeness (QED) is 0.342. The SMILES string of the molecule is O=c1oc2cc3c(cc2c2c1=CCCC=2)c1cc(Br)ccc1n3-c1ccccc1. The Morgan fingerprint density at radius 2 is 1.55 bits per heavy atom. The third kappa shape index (κ3) is 2.45. The molecule has 0 amide bonds. The van der Waals surface area contributed by atoms with Crippen LogP contribution < -0.4 is 16.1 Å². The lowest BCUT2D eigenvalue weighted by molar-refractivity contribution is 0.553. The van der Waals surface area contributed by atoms with Crippen LogP contribution in [0.15, 0.2) is 74.3 Å². The van der Waals surface area contributed by atoms with Crippen molar-refractivity contribution in [3.05, 3.63) is 86.0 Å². The van der Waals surface area contributed by atoms with E-state index in [9.17, 15) is 4.79 Å². The Balaban J connectivity index is 1.87. The molecule has 0 saturated carbocycles. The van der Waals surface area contributed by atoms with Gasteiger partial charge >= 0.3 is 5.63 Å². The van der Waals surface area contributed by atoms with Gasteiger partial charge in [0.25, 0.3) is 0 Å². The lowest BCUT2D eigenvalue weighted by Gasteiger charge is -2.08. The zero-order valence-electron chi connectivity index (χ0n) is 15.5. The Morgan fingerprint density at radius 3 is 2.38 bits per heavy atom. The summed E-state index contributed by atoms with van der Waals surface area (Å²) in [6, 6.07) is 20.8. The molecule has 140 valence electrons. The van der Waals surface area contributed by atoms with Crippen LogP contribution in [0.5, 0.6) is 0 Å². The smallest absolute Gasteiger partial charge is 0.343 e. The van der Waals surface area contributed by atoms with Crippen LogP contribution in [0.25, 0.3) is 50.6 Å². The largest absolute Gasteiger partial charge is 0.422 e. The fourth-order valence-corrected chi connectivity index (χ4v) is 4.81. The Kier molecular flexibility index (Phi) is 3.59. The second kappa shape index (κ2) is 6.19. The maximum Gasteiger partial charge on any atom is 0.343 e. The van der Waals surface area contributed by atoms with Gasteiger partial charge in [0.1, 0.15) is 5.58 Å². The predicted molar refractivity (Wildman–Crippen MR) is 122 cm³/mol. The zero-order chi connectivity index (χ0) is 19.5. The molecule has 6 rings (SSSR count). The highest BCUT2D eigenvalue weighted by molar-refractivity contribution is 9.10. The van der Waals surface area contributed by atoms with Gasteiger partial charge < -0.3 is 8.98 Å². The normalized spacial score (nSPS) is 13.4. The first-order valence-corrected chi connectivity index (χ1v) is 10.5. The van der Waals surface area contributed by atoms with Gasteiger partial charge in [0.2, 0.25) is 0 Å². The summed E-state index contributed by atoms with van der Waals surface area (Å²) in [5.74, 6) is 0. The van der Waals surface area contributed by atoms with Gasteiger partial charge in [-0.15, -0.1) is 0 Å². The summed E-state index contributed by atoms with van der Waals surface area (Å²) >= 11 is 3.62. The van der Waals surface area contributed by atoms with E-state index in [0.717, 1.165) is 50.0 Å². The molecule has 0 fully saturated rings. The molecule has 2 heterocycles. The number of fused-ring (bicyclic) bond motifs is 6. The van der Waals surface area contributed by atoms with Crippen LogP contribution in [0.2, 0.25) is 0 Å². The third-order valence-corrected chi connectivity index (χ3v) is 6.20. The van der Waals surface area contributed by atoms with Crippen molar-refractivity contribution in [2.75, 3.05) is 0 Å². The van der Waals surface area contributed by atoms with Crippen molar-refractivity contribution < 1.29 is 4.42 Å². The van der Waals surface area contributed by atoms with Crippen molar-refractivity contribution in [1.29, 1.82) is 0 Å². The van der Waals surface area contributed by atoms with Crippen molar-refractivity contribution in [2.24, 2.45) is 0 Å². The maximum atomic E-state index is 12.6. The molecule has 1 aliphatic carbocycles. The molecule has 4 heteroatoms. The van der Waals surface area contributed by atoms with Gasteiger partial charge in [0.05, 0.1) is 16.3 Å². The van der Waals surface area contributed by atoms with E-state index in [0.29, 0.717) is 10.8 Å². The molecule has 3 aromatic carbocycles. The number of para-hydroxylation sites is 1. The van der Waals surface area contributed by atoms with Crippen LogP contribution in [0.3, 0.4) is 0 Å². The molecule has 0 bridgehead atoms. The molecule has 0 atom stereocenters. The van der Waals surface area contributed by atoms with Crippen molar-refractivity contribution in [3.63, 3.8) is 0 Å². The minimum atomic E-state index is -0.257. The molecule has 5 aromatic rings. The molecule has 0 radical (unpaired) electrons. The molecule has 3 nitrogen and oxygen atoms in total. The average molecular weight is 442 g/mol. The molecule has 29 heavy (non-hydrogen) atoms. The lowest BCUT2D eigenvalue weighted by Crippen LogP contribution is -2.39. The first-order chi connectivity index (χ1) is 14.2. The molecule has 0 spiro atoms. The number of hydrogen-bond donors (Lipinski definition) is 0. The van der Waals surface area contributed by atoms with Crippen molar-refractivity contribution in [3.8, 4) is 5.69 Å². The van der Waals surface area contributed by atoms with E-state index in [1.54, 1.807) is 0 Å². The summed E-state index contributed by atoms with van der Waals surface area (Å²) in [7, 11) is 0. The highest BCUT2D eigenvalue weighted by Gasteiger charge is 2.16. The van der Waals surface area contributed by atoms with Crippen LogP contribution >= 0.6 is 15.9 Å². The number of halogens is 1. The Morgan fingerprint density at radius 1 is 0.793 bits per heavy atom. The van der Waals surface area contributed by atoms with E-state index >= 15 is 0 Å². The second-order valence-corrected chi connectivity index (χ2v) is 8.32. The highest BCUT2D eigenvalue weighted by atomic mass is 79.9. The van der Waals surface area contributed by atoms with Gasteiger partial charge in [0, 0.05) is 32.4 Å². The molecule has 0 unspecified atom stereocenters. The Hall–Kier alpha value is -3.11. The fourth-order valence-electron chi connectivity index (χ4n) is 4.45. The second-order valence-electron chi connectivity index (χ2n) is 7.40. The molecular weight excluding hydrogens is 426 g/mol. The van der Waals surface area contributed by atoms with E-state index in [4.69, 9.17) is 4.42 Å². The summed E-state index contributed by atoms with van der Waals surface area (Å²) in [5, 5.41) is 5.00. The van der Waals surface area contributed by atoms with E-state index in [-0.39, 0.29) is 5.63 Å². The molecule has 0 N–H and O–H groups in total. The highest BCUT2D eigenvalue weighted by Crippen LogP contribution is 2.35. The molecular formula is C25H16BrNO2. The van der Waals surface area contributed by atoms with Crippen molar-refractivity contribution >= 4 is 60.9 Å². The summed E-state index contributed by atoms with van der Waals surface area (Å²) in [6.07, 6.45) is 5.98. The Bertz CT molecular complexity index is 1630. The van der Waals surface area contributed by atoms with Gasteiger partial charge in [-0.3, -0.25) is 0 Å². The topological polar surface area (TPSA) is 35.1 Å².